The molecule has 0 aliphatic rings. The minimum atomic E-state index is -0.297. The molecule has 0 aliphatic carbocycles. The molecule has 0 aliphatic heterocycles. The predicted molar refractivity (Wildman–Crippen MR) is 115 cm³/mol. The van der Waals surface area contributed by atoms with Crippen LogP contribution in [0, 0.1) is 12.7 Å². The van der Waals surface area contributed by atoms with Crippen molar-refractivity contribution in [3.8, 4) is 5.75 Å². The molecule has 3 rings (SSSR count). The normalized spacial score (nSPS) is 10.6. The van der Waals surface area contributed by atoms with Gasteiger partial charge in [-0.15, -0.1) is 0 Å². The molecule has 3 aromatic rings. The number of anilines is 1. The highest BCUT2D eigenvalue weighted by Crippen LogP contribution is 2.14. The van der Waals surface area contributed by atoms with Crippen molar-refractivity contribution in [3.63, 3.8) is 0 Å². The topological polar surface area (TPSA) is 45.6 Å². The molecule has 2 N–H and O–H groups in total. The number of benzene rings is 3. The van der Waals surface area contributed by atoms with E-state index in [1.165, 1.54) is 17.7 Å². The molecule has 0 aromatic heterocycles. The molecule has 0 spiro atoms. The summed E-state index contributed by atoms with van der Waals surface area (Å²) in [7, 11) is 0. The predicted octanol–water partition coefficient (Wildman–Crippen LogP) is 5.03. The third-order valence-electron chi connectivity index (χ3n) is 3.89. The van der Waals surface area contributed by atoms with Gasteiger partial charge in [-0.25, -0.2) is 4.39 Å². The third-order valence-corrected chi connectivity index (χ3v) is 4.08. The van der Waals surface area contributed by atoms with E-state index in [1.54, 1.807) is 18.3 Å². The number of hydrazone groups is 1. The number of aryl methyl sites for hydroxylation is 1. The maximum absolute atomic E-state index is 12.9. The summed E-state index contributed by atoms with van der Waals surface area (Å²) in [4.78, 5) is 0. The number of nitrogens with one attached hydrogen (secondary N) is 2. The summed E-state index contributed by atoms with van der Waals surface area (Å²) < 4.78 is 18.7. The SMILES string of the molecule is Cc1ccc(COc2ccc(/C=N\NC(=S)Nc3ccc(F)cc3)cc2)cc1. The zero-order valence-corrected chi connectivity index (χ0v) is 16.2. The van der Waals surface area contributed by atoms with E-state index in [0.29, 0.717) is 17.4 Å². The van der Waals surface area contributed by atoms with Crippen LogP contribution in [0.3, 0.4) is 0 Å². The summed E-state index contributed by atoms with van der Waals surface area (Å²) in [6, 6.07) is 21.8. The van der Waals surface area contributed by atoms with E-state index < -0.39 is 0 Å². The lowest BCUT2D eigenvalue weighted by Gasteiger charge is -2.07. The Bertz CT molecular complexity index is 939. The monoisotopic (exact) mass is 393 g/mol. The Hall–Kier alpha value is -3.25. The van der Waals surface area contributed by atoms with E-state index in [0.717, 1.165) is 16.9 Å². The highest BCUT2D eigenvalue weighted by Gasteiger charge is 1.98. The van der Waals surface area contributed by atoms with Crippen molar-refractivity contribution < 1.29 is 9.13 Å². The van der Waals surface area contributed by atoms with Crippen LogP contribution >= 0.6 is 12.2 Å². The molecule has 142 valence electrons. The van der Waals surface area contributed by atoms with Gasteiger partial charge in [-0.3, -0.25) is 5.43 Å². The first-order valence-electron chi connectivity index (χ1n) is 8.72. The summed E-state index contributed by atoms with van der Waals surface area (Å²) in [6.45, 7) is 2.59. The Kier molecular flexibility index (Phi) is 6.70. The molecular formula is C22H20FN3OS. The summed E-state index contributed by atoms with van der Waals surface area (Å²) in [5.41, 5.74) is 6.67. The molecule has 0 amide bonds. The van der Waals surface area contributed by atoms with Gasteiger partial charge >= 0.3 is 0 Å². The van der Waals surface area contributed by atoms with Crippen LogP contribution in [-0.4, -0.2) is 11.3 Å². The Morgan fingerprint density at radius 1 is 1.00 bits per heavy atom. The van der Waals surface area contributed by atoms with Crippen LogP contribution in [-0.2, 0) is 6.61 Å². The first-order valence-corrected chi connectivity index (χ1v) is 9.13. The van der Waals surface area contributed by atoms with Crippen molar-refractivity contribution in [1.29, 1.82) is 0 Å². The molecule has 0 saturated heterocycles. The van der Waals surface area contributed by atoms with Gasteiger partial charge in [0.05, 0.1) is 6.21 Å². The minimum Gasteiger partial charge on any atom is -0.489 e. The van der Waals surface area contributed by atoms with Gasteiger partial charge in [-0.1, -0.05) is 29.8 Å². The lowest BCUT2D eigenvalue weighted by atomic mass is 10.2. The number of halogens is 1. The molecule has 0 unspecified atom stereocenters. The van der Waals surface area contributed by atoms with Crippen LogP contribution in [0.2, 0.25) is 0 Å². The van der Waals surface area contributed by atoms with Crippen molar-refractivity contribution in [2.45, 2.75) is 13.5 Å². The van der Waals surface area contributed by atoms with E-state index in [4.69, 9.17) is 17.0 Å². The van der Waals surface area contributed by atoms with Gasteiger partial charge in [-0.2, -0.15) is 5.10 Å². The summed E-state index contributed by atoms with van der Waals surface area (Å²) in [5.74, 6) is 0.493. The number of rotatable bonds is 6. The lowest BCUT2D eigenvalue weighted by molar-refractivity contribution is 0.306. The van der Waals surface area contributed by atoms with Gasteiger partial charge in [0.15, 0.2) is 5.11 Å². The van der Waals surface area contributed by atoms with E-state index in [-0.39, 0.29) is 5.82 Å². The van der Waals surface area contributed by atoms with Gasteiger partial charge in [-0.05, 0) is 78.8 Å². The fourth-order valence-electron chi connectivity index (χ4n) is 2.36. The molecule has 3 aromatic carbocycles. The molecule has 6 heteroatoms. The van der Waals surface area contributed by atoms with Crippen molar-refractivity contribution in [2.24, 2.45) is 5.10 Å². The Labute approximate surface area is 169 Å². The number of ether oxygens (including phenoxy) is 1. The van der Waals surface area contributed by atoms with E-state index in [1.807, 2.05) is 24.3 Å². The van der Waals surface area contributed by atoms with Crippen LogP contribution < -0.4 is 15.5 Å². The molecule has 0 saturated carbocycles. The number of thiocarbonyl (C=S) groups is 1. The van der Waals surface area contributed by atoms with Crippen LogP contribution in [0.5, 0.6) is 5.75 Å². The molecule has 0 radical (unpaired) electrons. The van der Waals surface area contributed by atoms with E-state index >= 15 is 0 Å². The molecule has 0 atom stereocenters. The van der Waals surface area contributed by atoms with Crippen LogP contribution in [0.4, 0.5) is 10.1 Å². The Morgan fingerprint density at radius 3 is 2.36 bits per heavy atom. The average Bonchev–Trinajstić information content (AvgIpc) is 2.70. The molecule has 0 bridgehead atoms. The third kappa shape index (κ3) is 6.17. The standard InChI is InChI=1S/C22H20FN3OS/c1-16-2-4-18(5-3-16)15-27-21-12-6-17(7-13-21)14-24-26-22(28)25-20-10-8-19(23)9-11-20/h2-14H,15H2,1H3,(H2,25,26,28)/b24-14-. The first kappa shape index (κ1) is 19.5. The lowest BCUT2D eigenvalue weighted by Crippen LogP contribution is -2.23. The number of nitrogens with zero attached hydrogens (tertiary/aromatic N) is 1. The number of hydrogen-bond donors (Lipinski definition) is 2. The fourth-order valence-corrected chi connectivity index (χ4v) is 2.53. The van der Waals surface area contributed by atoms with Crippen molar-refractivity contribution >= 4 is 29.2 Å². The zero-order valence-electron chi connectivity index (χ0n) is 15.4. The average molecular weight is 393 g/mol. The fraction of sp³-hybridized carbons (Fsp3) is 0.0909. The second-order valence-electron chi connectivity index (χ2n) is 6.17. The van der Waals surface area contributed by atoms with Crippen LogP contribution in [0.1, 0.15) is 16.7 Å². The second kappa shape index (κ2) is 9.62. The van der Waals surface area contributed by atoms with Gasteiger partial charge in [0, 0.05) is 5.69 Å². The minimum absolute atomic E-state index is 0.297. The summed E-state index contributed by atoms with van der Waals surface area (Å²) >= 11 is 5.14. The van der Waals surface area contributed by atoms with E-state index in [9.17, 15) is 4.39 Å². The second-order valence-corrected chi connectivity index (χ2v) is 6.58. The summed E-state index contributed by atoms with van der Waals surface area (Å²) in [5, 5.41) is 7.33. The largest absolute Gasteiger partial charge is 0.489 e. The molecule has 0 fully saturated rings. The van der Waals surface area contributed by atoms with Gasteiger partial charge in [0.25, 0.3) is 0 Å². The van der Waals surface area contributed by atoms with Gasteiger partial charge in [0.1, 0.15) is 18.2 Å². The van der Waals surface area contributed by atoms with Crippen LogP contribution in [0.15, 0.2) is 77.9 Å². The summed E-state index contributed by atoms with van der Waals surface area (Å²) in [6.07, 6.45) is 1.66. The zero-order chi connectivity index (χ0) is 19.8. The first-order chi connectivity index (χ1) is 13.6. The molecule has 4 nitrogen and oxygen atoms in total. The highest BCUT2D eigenvalue weighted by molar-refractivity contribution is 7.80. The number of hydrogen-bond acceptors (Lipinski definition) is 3. The molecule has 28 heavy (non-hydrogen) atoms. The van der Waals surface area contributed by atoms with E-state index in [2.05, 4.69) is 47.0 Å². The Balaban J connectivity index is 1.45. The molecular weight excluding hydrogens is 373 g/mol. The highest BCUT2D eigenvalue weighted by atomic mass is 32.1. The van der Waals surface area contributed by atoms with Gasteiger partial charge < -0.3 is 10.1 Å². The van der Waals surface area contributed by atoms with Crippen molar-refractivity contribution in [2.75, 3.05) is 5.32 Å². The maximum Gasteiger partial charge on any atom is 0.191 e. The van der Waals surface area contributed by atoms with Crippen molar-refractivity contribution in [3.05, 3.63) is 95.3 Å². The smallest absolute Gasteiger partial charge is 0.191 e. The van der Waals surface area contributed by atoms with Crippen LogP contribution in [0.25, 0.3) is 0 Å². The maximum atomic E-state index is 12.9. The quantitative estimate of drug-likeness (QED) is 0.350. The molecule has 0 heterocycles. The van der Waals surface area contributed by atoms with Crippen molar-refractivity contribution in [1.82, 2.24) is 5.43 Å². The Morgan fingerprint density at radius 2 is 1.68 bits per heavy atom. The van der Waals surface area contributed by atoms with Gasteiger partial charge in [0.2, 0.25) is 0 Å².